The molecule has 1 saturated heterocycles. The van der Waals surface area contributed by atoms with Crippen molar-refractivity contribution in [3.05, 3.63) is 27.7 Å². The van der Waals surface area contributed by atoms with Gasteiger partial charge in [0.25, 0.3) is 5.91 Å². The fourth-order valence-corrected chi connectivity index (χ4v) is 2.74. The maximum Gasteiger partial charge on any atom is 0.252 e. The number of halogens is 2. The Kier molecular flexibility index (Phi) is 4.96. The predicted octanol–water partition coefficient (Wildman–Crippen LogP) is 2.44. The first-order valence-corrected chi connectivity index (χ1v) is 7.43. The zero-order valence-electron chi connectivity index (χ0n) is 11.5. The fourth-order valence-electron chi connectivity index (χ4n) is 2.25. The molecule has 2 N–H and O–H groups in total. The van der Waals surface area contributed by atoms with Crippen molar-refractivity contribution in [1.29, 1.82) is 0 Å². The average molecular weight is 331 g/mol. The second kappa shape index (κ2) is 6.54. The summed E-state index contributed by atoms with van der Waals surface area (Å²) in [5.74, 6) is -0.827. The highest BCUT2D eigenvalue weighted by Crippen LogP contribution is 2.32. The van der Waals surface area contributed by atoms with Crippen molar-refractivity contribution in [1.82, 2.24) is 10.2 Å². The van der Waals surface area contributed by atoms with Crippen LogP contribution in [-0.4, -0.2) is 41.0 Å². The summed E-state index contributed by atoms with van der Waals surface area (Å²) in [6.07, 6.45) is 1.99. The molecule has 2 rings (SSSR count). The van der Waals surface area contributed by atoms with Gasteiger partial charge >= 0.3 is 0 Å². The van der Waals surface area contributed by atoms with Crippen LogP contribution in [0.2, 0.25) is 10.0 Å². The number of nitrogens with zero attached hydrogens (tertiary/aromatic N) is 1. The molecule has 1 heterocycles. The second-order valence-electron chi connectivity index (χ2n) is 5.02. The van der Waals surface area contributed by atoms with Gasteiger partial charge in [0.2, 0.25) is 5.91 Å². The van der Waals surface area contributed by atoms with Gasteiger partial charge in [0.05, 0.1) is 10.0 Å². The first-order valence-electron chi connectivity index (χ1n) is 6.68. The van der Waals surface area contributed by atoms with E-state index in [1.54, 1.807) is 11.8 Å². The number of aromatic hydroxyl groups is 1. The zero-order chi connectivity index (χ0) is 15.6. The van der Waals surface area contributed by atoms with E-state index in [1.165, 1.54) is 12.1 Å². The minimum absolute atomic E-state index is 0.00817. The second-order valence-corrected chi connectivity index (χ2v) is 5.83. The molecule has 5 nitrogen and oxygen atoms in total. The number of carbonyl (C=O) groups excluding carboxylic acids is 2. The van der Waals surface area contributed by atoms with Gasteiger partial charge in [-0.15, -0.1) is 0 Å². The van der Waals surface area contributed by atoms with E-state index >= 15 is 0 Å². The van der Waals surface area contributed by atoms with E-state index in [4.69, 9.17) is 23.2 Å². The molecule has 0 radical (unpaired) electrons. The fraction of sp³-hybridized carbons (Fsp3) is 0.429. The summed E-state index contributed by atoms with van der Waals surface area (Å²) >= 11 is 11.6. The van der Waals surface area contributed by atoms with Gasteiger partial charge in [-0.25, -0.2) is 0 Å². The predicted molar refractivity (Wildman–Crippen MR) is 80.9 cm³/mol. The lowest BCUT2D eigenvalue weighted by Gasteiger charge is -2.21. The van der Waals surface area contributed by atoms with Gasteiger partial charge in [0.15, 0.2) is 5.75 Å². The SMILES string of the molecule is CC(NC(=O)c1cc(Cl)c(O)c(Cl)c1)C(=O)N1CCCC1. The molecule has 114 valence electrons. The maximum absolute atomic E-state index is 12.1. The highest BCUT2D eigenvalue weighted by Gasteiger charge is 2.25. The summed E-state index contributed by atoms with van der Waals surface area (Å²) in [5, 5.41) is 12.1. The highest BCUT2D eigenvalue weighted by molar-refractivity contribution is 6.37. The molecular formula is C14H16Cl2N2O3. The van der Waals surface area contributed by atoms with Gasteiger partial charge < -0.3 is 15.3 Å². The molecule has 1 unspecified atom stereocenters. The number of hydrogen-bond acceptors (Lipinski definition) is 3. The topological polar surface area (TPSA) is 69.6 Å². The molecule has 1 aromatic rings. The van der Waals surface area contributed by atoms with Crippen LogP contribution in [0.15, 0.2) is 12.1 Å². The Bertz CT molecular complexity index is 548. The van der Waals surface area contributed by atoms with E-state index in [2.05, 4.69) is 5.32 Å². The van der Waals surface area contributed by atoms with E-state index < -0.39 is 11.9 Å². The number of phenolic OH excluding ortho intramolecular Hbond substituents is 1. The molecule has 1 atom stereocenters. The molecule has 0 aliphatic carbocycles. The molecule has 1 fully saturated rings. The van der Waals surface area contributed by atoms with E-state index in [0.29, 0.717) is 0 Å². The largest absolute Gasteiger partial charge is 0.505 e. The molecule has 2 amide bonds. The van der Waals surface area contributed by atoms with Gasteiger partial charge in [0, 0.05) is 18.7 Å². The summed E-state index contributed by atoms with van der Waals surface area (Å²) < 4.78 is 0. The average Bonchev–Trinajstić information content (AvgIpc) is 2.97. The molecule has 0 saturated carbocycles. The van der Waals surface area contributed by atoms with Gasteiger partial charge in [0.1, 0.15) is 6.04 Å². The normalized spacial score (nSPS) is 15.9. The van der Waals surface area contributed by atoms with Gasteiger partial charge in [-0.05, 0) is 31.9 Å². The Hall–Kier alpha value is -1.46. The van der Waals surface area contributed by atoms with Crippen LogP contribution in [0.3, 0.4) is 0 Å². The number of carbonyl (C=O) groups is 2. The van der Waals surface area contributed by atoms with Crippen LogP contribution in [0.1, 0.15) is 30.1 Å². The van der Waals surface area contributed by atoms with E-state index in [-0.39, 0.29) is 27.3 Å². The number of nitrogens with one attached hydrogen (secondary N) is 1. The summed E-state index contributed by atoms with van der Waals surface area (Å²) in [6.45, 7) is 3.11. The Morgan fingerprint density at radius 3 is 2.29 bits per heavy atom. The minimum atomic E-state index is -0.623. The standard InChI is InChI=1S/C14H16Cl2N2O3/c1-8(14(21)18-4-2-3-5-18)17-13(20)9-6-10(15)12(19)11(16)7-9/h6-8,19H,2-5H2,1H3,(H,17,20). The zero-order valence-corrected chi connectivity index (χ0v) is 13.0. The Morgan fingerprint density at radius 1 is 1.24 bits per heavy atom. The number of amides is 2. The van der Waals surface area contributed by atoms with Crippen LogP contribution < -0.4 is 5.32 Å². The smallest absolute Gasteiger partial charge is 0.252 e. The van der Waals surface area contributed by atoms with Crippen molar-refractivity contribution in [3.8, 4) is 5.75 Å². The lowest BCUT2D eigenvalue weighted by Crippen LogP contribution is -2.45. The number of hydrogen-bond donors (Lipinski definition) is 2. The molecule has 21 heavy (non-hydrogen) atoms. The number of rotatable bonds is 3. The first-order chi connectivity index (χ1) is 9.90. The summed E-state index contributed by atoms with van der Waals surface area (Å²) in [4.78, 5) is 26.0. The quantitative estimate of drug-likeness (QED) is 0.894. The van der Waals surface area contributed by atoms with Gasteiger partial charge in [-0.2, -0.15) is 0 Å². The third-order valence-electron chi connectivity index (χ3n) is 3.41. The lowest BCUT2D eigenvalue weighted by molar-refractivity contribution is -0.131. The Morgan fingerprint density at radius 2 is 1.76 bits per heavy atom. The van der Waals surface area contributed by atoms with Crippen LogP contribution in [0.25, 0.3) is 0 Å². The van der Waals surface area contributed by atoms with Gasteiger partial charge in [-0.3, -0.25) is 9.59 Å². The number of benzene rings is 1. The van der Waals surface area contributed by atoms with Crippen LogP contribution in [0, 0.1) is 0 Å². The van der Waals surface area contributed by atoms with Crippen molar-refractivity contribution in [2.24, 2.45) is 0 Å². The Balaban J connectivity index is 2.05. The molecule has 1 aliphatic rings. The van der Waals surface area contributed by atoms with E-state index in [1.807, 2.05) is 0 Å². The van der Waals surface area contributed by atoms with Gasteiger partial charge in [-0.1, -0.05) is 23.2 Å². The maximum atomic E-state index is 12.1. The number of likely N-dealkylation sites (tertiary alicyclic amines) is 1. The van der Waals surface area contributed by atoms with Crippen molar-refractivity contribution in [3.63, 3.8) is 0 Å². The summed E-state index contributed by atoms with van der Waals surface area (Å²) in [7, 11) is 0. The molecule has 1 aromatic carbocycles. The van der Waals surface area contributed by atoms with E-state index in [9.17, 15) is 14.7 Å². The minimum Gasteiger partial charge on any atom is -0.505 e. The Labute approximate surface area is 132 Å². The monoisotopic (exact) mass is 330 g/mol. The molecule has 1 aliphatic heterocycles. The van der Waals surface area contributed by atoms with Crippen LogP contribution in [-0.2, 0) is 4.79 Å². The first kappa shape index (κ1) is 15.9. The van der Waals surface area contributed by atoms with Crippen molar-refractivity contribution in [2.75, 3.05) is 13.1 Å². The summed E-state index contributed by atoms with van der Waals surface area (Å²) in [6, 6.07) is 2.00. The molecule has 7 heteroatoms. The number of phenols is 1. The van der Waals surface area contributed by atoms with Crippen LogP contribution >= 0.6 is 23.2 Å². The van der Waals surface area contributed by atoms with Crippen LogP contribution in [0.4, 0.5) is 0 Å². The highest BCUT2D eigenvalue weighted by atomic mass is 35.5. The third kappa shape index (κ3) is 3.60. The molecular weight excluding hydrogens is 315 g/mol. The van der Waals surface area contributed by atoms with Crippen molar-refractivity contribution in [2.45, 2.75) is 25.8 Å². The van der Waals surface area contributed by atoms with E-state index in [0.717, 1.165) is 25.9 Å². The lowest BCUT2D eigenvalue weighted by atomic mass is 10.2. The molecule has 0 bridgehead atoms. The third-order valence-corrected chi connectivity index (χ3v) is 3.99. The summed E-state index contributed by atoms with van der Waals surface area (Å²) in [5.41, 5.74) is 0.198. The van der Waals surface area contributed by atoms with Crippen molar-refractivity contribution >= 4 is 35.0 Å². The van der Waals surface area contributed by atoms with Crippen molar-refractivity contribution < 1.29 is 14.7 Å². The van der Waals surface area contributed by atoms with Crippen LogP contribution in [0.5, 0.6) is 5.75 Å². The molecule has 0 aromatic heterocycles. The molecule has 0 spiro atoms.